The minimum Gasteiger partial charge on any atom is -0.481 e. The van der Waals surface area contributed by atoms with Crippen molar-refractivity contribution in [2.75, 3.05) is 0 Å². The van der Waals surface area contributed by atoms with E-state index in [4.69, 9.17) is 5.11 Å². The number of carboxylic acid groups (broad SMARTS) is 1. The Morgan fingerprint density at radius 1 is 1.56 bits per heavy atom. The summed E-state index contributed by atoms with van der Waals surface area (Å²) in [7, 11) is 0. The van der Waals surface area contributed by atoms with Gasteiger partial charge >= 0.3 is 12.1 Å². The zero-order valence-corrected chi connectivity index (χ0v) is 8.32. The van der Waals surface area contributed by atoms with Gasteiger partial charge < -0.3 is 5.11 Å². The number of hydrogen-bond acceptors (Lipinski definition) is 3. The second kappa shape index (κ2) is 4.46. The Hall–Kier alpha value is -1.66. The van der Waals surface area contributed by atoms with Gasteiger partial charge in [-0.15, -0.1) is 0 Å². The van der Waals surface area contributed by atoms with Crippen LogP contribution in [0.1, 0.15) is 30.8 Å². The number of carboxylic acids is 1. The maximum atomic E-state index is 12.3. The van der Waals surface area contributed by atoms with Gasteiger partial charge in [0.15, 0.2) is 0 Å². The molecule has 0 spiro atoms. The highest BCUT2D eigenvalue weighted by atomic mass is 19.4. The molecule has 1 unspecified atom stereocenters. The van der Waals surface area contributed by atoms with Gasteiger partial charge in [0.25, 0.3) is 0 Å². The van der Waals surface area contributed by atoms with E-state index in [-0.39, 0.29) is 12.2 Å². The number of alkyl halides is 3. The number of carbonyl (C=O) groups is 1. The van der Waals surface area contributed by atoms with Crippen LogP contribution in [0.15, 0.2) is 12.3 Å². The van der Waals surface area contributed by atoms with E-state index in [0.29, 0.717) is 0 Å². The molecule has 1 aromatic heterocycles. The van der Waals surface area contributed by atoms with Crippen LogP contribution in [-0.2, 0) is 11.0 Å². The average Bonchev–Trinajstić information content (AvgIpc) is 2.15. The molecule has 0 aliphatic rings. The number of rotatable bonds is 3. The second-order valence-electron chi connectivity index (χ2n) is 3.30. The fourth-order valence-corrected chi connectivity index (χ4v) is 1.12. The highest BCUT2D eigenvalue weighted by Gasteiger charge is 2.33. The van der Waals surface area contributed by atoms with Gasteiger partial charge in [0, 0.05) is 12.1 Å². The number of aliphatic carboxylic acids is 1. The normalized spacial score (nSPS) is 13.5. The SMILES string of the molecule is CC(CC(=O)O)c1nccc(C(F)(F)F)n1. The summed E-state index contributed by atoms with van der Waals surface area (Å²) in [6, 6.07) is 0.747. The summed E-state index contributed by atoms with van der Waals surface area (Å²) in [5, 5.41) is 8.50. The highest BCUT2D eigenvalue weighted by Crippen LogP contribution is 2.28. The molecule has 1 aromatic rings. The molecule has 1 N–H and O–H groups in total. The summed E-state index contributed by atoms with van der Waals surface area (Å²) in [5.74, 6) is -1.87. The first-order valence-electron chi connectivity index (χ1n) is 4.42. The lowest BCUT2D eigenvalue weighted by atomic mass is 10.1. The third-order valence-corrected chi connectivity index (χ3v) is 1.89. The second-order valence-corrected chi connectivity index (χ2v) is 3.30. The minimum absolute atomic E-state index is 0.114. The standard InChI is InChI=1S/C9H9F3N2O2/c1-5(4-7(15)16)8-13-3-2-6(14-8)9(10,11)12/h2-3,5H,4H2,1H3,(H,15,16). The molecule has 1 rings (SSSR count). The summed E-state index contributed by atoms with van der Waals surface area (Å²) < 4.78 is 36.9. The molecule has 0 aromatic carbocycles. The minimum atomic E-state index is -4.54. The summed E-state index contributed by atoms with van der Waals surface area (Å²) in [6.07, 6.45) is -3.87. The number of aromatic nitrogens is 2. The lowest BCUT2D eigenvalue weighted by Crippen LogP contribution is -2.13. The van der Waals surface area contributed by atoms with Crippen LogP contribution in [0.2, 0.25) is 0 Å². The predicted molar refractivity (Wildman–Crippen MR) is 47.7 cm³/mol. The van der Waals surface area contributed by atoms with E-state index >= 15 is 0 Å². The molecule has 0 aliphatic carbocycles. The maximum Gasteiger partial charge on any atom is 0.433 e. The summed E-state index contributed by atoms with van der Waals surface area (Å²) >= 11 is 0. The van der Waals surface area contributed by atoms with Gasteiger partial charge in [0.2, 0.25) is 0 Å². The Bertz CT molecular complexity index is 393. The van der Waals surface area contributed by atoms with Crippen molar-refractivity contribution in [3.8, 4) is 0 Å². The first kappa shape index (κ1) is 12.4. The van der Waals surface area contributed by atoms with Crippen molar-refractivity contribution in [2.24, 2.45) is 0 Å². The van der Waals surface area contributed by atoms with Crippen molar-refractivity contribution in [1.29, 1.82) is 0 Å². The van der Waals surface area contributed by atoms with E-state index in [2.05, 4.69) is 9.97 Å². The lowest BCUT2D eigenvalue weighted by molar-refractivity contribution is -0.141. The molecule has 1 atom stereocenters. The van der Waals surface area contributed by atoms with Gasteiger partial charge in [-0.1, -0.05) is 6.92 Å². The predicted octanol–water partition coefficient (Wildman–Crippen LogP) is 2.07. The van der Waals surface area contributed by atoms with Crippen molar-refractivity contribution in [3.63, 3.8) is 0 Å². The Morgan fingerprint density at radius 2 is 2.19 bits per heavy atom. The zero-order valence-electron chi connectivity index (χ0n) is 8.32. The van der Waals surface area contributed by atoms with E-state index < -0.39 is 23.8 Å². The largest absolute Gasteiger partial charge is 0.481 e. The van der Waals surface area contributed by atoms with Crippen LogP contribution in [0.4, 0.5) is 13.2 Å². The van der Waals surface area contributed by atoms with Crippen LogP contribution in [-0.4, -0.2) is 21.0 Å². The summed E-state index contributed by atoms with van der Waals surface area (Å²) in [6.45, 7) is 1.46. The molecule has 1 heterocycles. The Labute approximate surface area is 89.1 Å². The van der Waals surface area contributed by atoms with Crippen LogP contribution >= 0.6 is 0 Å². The molecule has 0 saturated heterocycles. The number of hydrogen-bond donors (Lipinski definition) is 1. The van der Waals surface area contributed by atoms with Gasteiger partial charge in [-0.3, -0.25) is 4.79 Å². The van der Waals surface area contributed by atoms with E-state index in [1.807, 2.05) is 0 Å². The van der Waals surface area contributed by atoms with Gasteiger partial charge in [0.05, 0.1) is 6.42 Å². The van der Waals surface area contributed by atoms with Crippen molar-refractivity contribution in [2.45, 2.75) is 25.4 Å². The third kappa shape index (κ3) is 3.18. The fraction of sp³-hybridized carbons (Fsp3) is 0.444. The molecule has 0 amide bonds. The highest BCUT2D eigenvalue weighted by molar-refractivity contribution is 5.67. The van der Waals surface area contributed by atoms with E-state index in [0.717, 1.165) is 12.3 Å². The molecule has 0 fully saturated rings. The fourth-order valence-electron chi connectivity index (χ4n) is 1.12. The van der Waals surface area contributed by atoms with E-state index in [1.54, 1.807) is 0 Å². The quantitative estimate of drug-likeness (QED) is 0.869. The van der Waals surface area contributed by atoms with Gasteiger partial charge in [-0.2, -0.15) is 13.2 Å². The van der Waals surface area contributed by atoms with Gasteiger partial charge in [-0.25, -0.2) is 9.97 Å². The molecular formula is C9H9F3N2O2. The molecule has 0 radical (unpaired) electrons. The van der Waals surface area contributed by atoms with Crippen molar-refractivity contribution >= 4 is 5.97 Å². The third-order valence-electron chi connectivity index (χ3n) is 1.89. The van der Waals surface area contributed by atoms with Gasteiger partial charge in [-0.05, 0) is 6.07 Å². The molecular weight excluding hydrogens is 225 g/mol. The average molecular weight is 234 g/mol. The number of nitrogens with zero attached hydrogens (tertiary/aromatic N) is 2. The molecule has 0 bridgehead atoms. The molecule has 88 valence electrons. The molecule has 4 nitrogen and oxygen atoms in total. The van der Waals surface area contributed by atoms with E-state index in [9.17, 15) is 18.0 Å². The van der Waals surface area contributed by atoms with E-state index in [1.165, 1.54) is 6.92 Å². The van der Waals surface area contributed by atoms with Crippen molar-refractivity contribution in [1.82, 2.24) is 9.97 Å². The first-order valence-corrected chi connectivity index (χ1v) is 4.42. The molecule has 0 saturated carbocycles. The zero-order chi connectivity index (χ0) is 12.3. The first-order chi connectivity index (χ1) is 7.30. The Morgan fingerprint density at radius 3 is 2.69 bits per heavy atom. The Kier molecular flexibility index (Phi) is 3.46. The van der Waals surface area contributed by atoms with Gasteiger partial charge in [0.1, 0.15) is 11.5 Å². The number of halogens is 3. The summed E-state index contributed by atoms with van der Waals surface area (Å²) in [5.41, 5.74) is -1.06. The molecule has 0 aliphatic heterocycles. The van der Waals surface area contributed by atoms with Crippen LogP contribution in [0.25, 0.3) is 0 Å². The lowest BCUT2D eigenvalue weighted by Gasteiger charge is -2.10. The van der Waals surface area contributed by atoms with Crippen LogP contribution in [0.3, 0.4) is 0 Å². The molecule has 16 heavy (non-hydrogen) atoms. The monoisotopic (exact) mass is 234 g/mol. The van der Waals surface area contributed by atoms with Crippen LogP contribution in [0, 0.1) is 0 Å². The van der Waals surface area contributed by atoms with Crippen molar-refractivity contribution < 1.29 is 23.1 Å². The van der Waals surface area contributed by atoms with Crippen molar-refractivity contribution in [3.05, 3.63) is 23.8 Å². The smallest absolute Gasteiger partial charge is 0.433 e. The van der Waals surface area contributed by atoms with Crippen LogP contribution < -0.4 is 0 Å². The summed E-state index contributed by atoms with van der Waals surface area (Å²) in [4.78, 5) is 17.3. The maximum absolute atomic E-state index is 12.3. The topological polar surface area (TPSA) is 63.1 Å². The Balaban J connectivity index is 2.94. The molecule has 7 heteroatoms. The van der Waals surface area contributed by atoms with Crippen LogP contribution in [0.5, 0.6) is 0 Å².